The number of benzene rings is 2. The molecule has 2 aliphatic rings. The first-order chi connectivity index (χ1) is 16.6. The molecule has 6 nitrogen and oxygen atoms in total. The summed E-state index contributed by atoms with van der Waals surface area (Å²) in [7, 11) is 0. The molecule has 0 fully saturated rings. The molecule has 2 aromatic heterocycles. The summed E-state index contributed by atoms with van der Waals surface area (Å²) >= 11 is 0. The topological polar surface area (TPSA) is 75.4 Å². The van der Waals surface area contributed by atoms with Crippen LogP contribution in [0.2, 0.25) is 0 Å². The van der Waals surface area contributed by atoms with E-state index in [0.717, 1.165) is 12.8 Å². The van der Waals surface area contributed by atoms with E-state index in [-0.39, 0.29) is 17.7 Å². The third kappa shape index (κ3) is 3.14. The molecule has 3 heterocycles. The van der Waals surface area contributed by atoms with Crippen LogP contribution in [0.15, 0.2) is 90.1 Å². The van der Waals surface area contributed by atoms with Gasteiger partial charge in [-0.1, -0.05) is 48.5 Å². The fourth-order valence-electron chi connectivity index (χ4n) is 5.50. The van der Waals surface area contributed by atoms with Gasteiger partial charge in [0.25, 0.3) is 5.91 Å². The number of hydrogen-bond donors (Lipinski definition) is 1. The first-order valence-electron chi connectivity index (χ1n) is 11.4. The lowest BCUT2D eigenvalue weighted by atomic mass is 9.81. The molecule has 6 rings (SSSR count). The number of carbonyl (C=O) groups is 1. The second-order valence-corrected chi connectivity index (χ2v) is 8.85. The highest BCUT2D eigenvalue weighted by atomic mass is 16.3. The van der Waals surface area contributed by atoms with Crippen LogP contribution in [-0.2, 0) is 12.8 Å². The first kappa shape index (κ1) is 20.4. The van der Waals surface area contributed by atoms with Crippen LogP contribution in [0.4, 0.5) is 5.69 Å². The maximum Gasteiger partial charge on any atom is 0.279 e. The van der Waals surface area contributed by atoms with Gasteiger partial charge >= 0.3 is 0 Å². The summed E-state index contributed by atoms with van der Waals surface area (Å²) < 4.78 is 1.80. The van der Waals surface area contributed by atoms with Gasteiger partial charge in [-0.2, -0.15) is 0 Å². The maximum absolute atomic E-state index is 13.6. The Labute approximate surface area is 196 Å². The van der Waals surface area contributed by atoms with Crippen molar-refractivity contribution in [2.24, 2.45) is 0 Å². The summed E-state index contributed by atoms with van der Waals surface area (Å²) in [6, 6.07) is 21.6. The molecule has 34 heavy (non-hydrogen) atoms. The molecular weight excluding hydrogens is 426 g/mol. The average molecular weight is 450 g/mol. The Morgan fingerprint density at radius 2 is 1.53 bits per heavy atom. The fourth-order valence-corrected chi connectivity index (χ4v) is 5.50. The molecule has 0 bridgehead atoms. The average Bonchev–Trinajstić information content (AvgIpc) is 3.04. The number of anilines is 1. The summed E-state index contributed by atoms with van der Waals surface area (Å²) in [6.45, 7) is 0.382. The van der Waals surface area contributed by atoms with E-state index < -0.39 is 17.1 Å². The van der Waals surface area contributed by atoms with Crippen LogP contribution in [0.3, 0.4) is 0 Å². The van der Waals surface area contributed by atoms with Crippen molar-refractivity contribution in [1.29, 1.82) is 0 Å². The summed E-state index contributed by atoms with van der Waals surface area (Å²) in [6.07, 6.45) is 6.81. The van der Waals surface area contributed by atoms with E-state index in [0.29, 0.717) is 12.2 Å². The number of fused-ring (bicyclic) bond motifs is 3. The van der Waals surface area contributed by atoms with Gasteiger partial charge in [0.05, 0.1) is 17.9 Å². The molecule has 1 N–H and O–H groups in total. The van der Waals surface area contributed by atoms with Crippen molar-refractivity contribution >= 4 is 11.6 Å². The van der Waals surface area contributed by atoms with E-state index in [2.05, 4.69) is 53.5 Å². The number of aromatic nitrogens is 2. The lowest BCUT2D eigenvalue weighted by Crippen LogP contribution is -2.46. The van der Waals surface area contributed by atoms with Crippen LogP contribution in [0, 0.1) is 0 Å². The standard InChI is InChI=1S/C28H23N3O3/c32-24-13-15-30-23(17-31(20-8-5-14-29-16-20)28(34)26(30)27(24)33)25-21-9-3-1-6-18(21)11-12-19-7-2-4-10-22(19)25/h1-10,13-16,23,25,33H,11-12,17H2. The van der Waals surface area contributed by atoms with Crippen LogP contribution >= 0.6 is 0 Å². The van der Waals surface area contributed by atoms with Crippen molar-refractivity contribution in [1.82, 2.24) is 9.55 Å². The second kappa shape index (κ2) is 7.99. The Balaban J connectivity index is 1.62. The molecule has 4 aromatic rings. The Morgan fingerprint density at radius 1 is 0.853 bits per heavy atom. The van der Waals surface area contributed by atoms with Crippen LogP contribution in [0.1, 0.15) is 44.7 Å². The van der Waals surface area contributed by atoms with E-state index >= 15 is 0 Å². The van der Waals surface area contributed by atoms with Gasteiger partial charge in [0.1, 0.15) is 0 Å². The smallest absolute Gasteiger partial charge is 0.279 e. The van der Waals surface area contributed by atoms with Crippen LogP contribution in [-0.4, -0.2) is 27.1 Å². The molecule has 1 amide bonds. The highest BCUT2D eigenvalue weighted by Crippen LogP contribution is 2.44. The van der Waals surface area contributed by atoms with E-state index in [1.165, 1.54) is 28.3 Å². The monoisotopic (exact) mass is 449 g/mol. The number of nitrogens with zero attached hydrogens (tertiary/aromatic N) is 3. The van der Waals surface area contributed by atoms with Gasteiger partial charge in [-0.25, -0.2) is 0 Å². The lowest BCUT2D eigenvalue weighted by Gasteiger charge is -2.40. The number of pyridine rings is 2. The minimum absolute atomic E-state index is 0.0202. The van der Waals surface area contributed by atoms with Gasteiger partial charge in [-0.15, -0.1) is 0 Å². The molecule has 1 atom stereocenters. The number of aryl methyl sites for hydroxylation is 2. The third-order valence-electron chi connectivity index (χ3n) is 7.06. The maximum atomic E-state index is 13.6. The largest absolute Gasteiger partial charge is 0.503 e. The zero-order valence-electron chi connectivity index (χ0n) is 18.5. The molecule has 0 saturated heterocycles. The molecule has 1 aliphatic carbocycles. The zero-order chi connectivity index (χ0) is 23.2. The normalized spacial score (nSPS) is 17.5. The van der Waals surface area contributed by atoms with E-state index in [1.54, 1.807) is 34.1 Å². The van der Waals surface area contributed by atoms with Gasteiger partial charge in [-0.3, -0.25) is 14.6 Å². The van der Waals surface area contributed by atoms with Gasteiger partial charge in [0.2, 0.25) is 5.43 Å². The van der Waals surface area contributed by atoms with Crippen LogP contribution in [0.5, 0.6) is 5.75 Å². The van der Waals surface area contributed by atoms with Gasteiger partial charge < -0.3 is 14.6 Å². The van der Waals surface area contributed by atoms with Crippen molar-refractivity contribution in [3.63, 3.8) is 0 Å². The number of hydrogen-bond acceptors (Lipinski definition) is 4. The number of amides is 1. The SMILES string of the molecule is O=C1c2c(O)c(=O)ccn2C(C2c3ccccc3CCc3ccccc32)CN1c1cccnc1. The fraction of sp³-hybridized carbons (Fsp3) is 0.179. The highest BCUT2D eigenvalue weighted by Gasteiger charge is 2.40. The Bertz CT molecular complexity index is 1410. The van der Waals surface area contributed by atoms with Crippen molar-refractivity contribution in [3.05, 3.63) is 123 Å². The second-order valence-electron chi connectivity index (χ2n) is 8.85. The van der Waals surface area contributed by atoms with Gasteiger partial charge in [0, 0.05) is 30.9 Å². The highest BCUT2D eigenvalue weighted by molar-refractivity contribution is 6.07. The number of carbonyl (C=O) groups excluding carboxylic acids is 1. The van der Waals surface area contributed by atoms with Gasteiger partial charge in [0.15, 0.2) is 11.4 Å². The van der Waals surface area contributed by atoms with Crippen molar-refractivity contribution in [2.75, 3.05) is 11.4 Å². The minimum Gasteiger partial charge on any atom is -0.503 e. The molecular formula is C28H23N3O3. The van der Waals surface area contributed by atoms with E-state index in [1.807, 2.05) is 6.07 Å². The summed E-state index contributed by atoms with van der Waals surface area (Å²) in [4.78, 5) is 31.7. The number of rotatable bonds is 2. The zero-order valence-corrected chi connectivity index (χ0v) is 18.5. The Kier molecular flexibility index (Phi) is 4.80. The van der Waals surface area contributed by atoms with Crippen molar-refractivity contribution < 1.29 is 9.90 Å². The molecule has 168 valence electrons. The predicted octanol–water partition coefficient (Wildman–Crippen LogP) is 4.08. The van der Waals surface area contributed by atoms with Crippen LogP contribution < -0.4 is 10.3 Å². The molecule has 1 unspecified atom stereocenters. The minimum atomic E-state index is -0.562. The molecule has 2 aromatic carbocycles. The summed E-state index contributed by atoms with van der Waals surface area (Å²) in [5.41, 5.74) is 5.07. The predicted molar refractivity (Wildman–Crippen MR) is 129 cm³/mol. The molecule has 6 heteroatoms. The lowest BCUT2D eigenvalue weighted by molar-refractivity contribution is 0.0946. The summed E-state index contributed by atoms with van der Waals surface area (Å²) in [5, 5.41) is 10.7. The molecule has 0 saturated carbocycles. The molecule has 1 aliphatic heterocycles. The molecule has 0 radical (unpaired) electrons. The van der Waals surface area contributed by atoms with E-state index in [9.17, 15) is 14.7 Å². The number of aromatic hydroxyl groups is 1. The van der Waals surface area contributed by atoms with Crippen LogP contribution in [0.25, 0.3) is 0 Å². The van der Waals surface area contributed by atoms with E-state index in [4.69, 9.17) is 0 Å². The Morgan fingerprint density at radius 3 is 2.18 bits per heavy atom. The molecule has 0 spiro atoms. The van der Waals surface area contributed by atoms with Crippen molar-refractivity contribution in [3.8, 4) is 5.75 Å². The quantitative estimate of drug-likeness (QED) is 0.500. The van der Waals surface area contributed by atoms with Crippen molar-refractivity contribution in [2.45, 2.75) is 24.8 Å². The first-order valence-corrected chi connectivity index (χ1v) is 11.4. The summed E-state index contributed by atoms with van der Waals surface area (Å²) in [5.74, 6) is -0.987. The Hall–Kier alpha value is -4.19. The third-order valence-corrected chi connectivity index (χ3v) is 7.06. The van der Waals surface area contributed by atoms with Gasteiger partial charge in [-0.05, 0) is 47.2 Å².